The average Bonchev–Trinajstić information content (AvgIpc) is 2.90. The van der Waals surface area contributed by atoms with E-state index in [1.807, 2.05) is 24.3 Å². The number of ether oxygens (including phenoxy) is 2. The zero-order valence-corrected chi connectivity index (χ0v) is 20.4. The maximum Gasteiger partial charge on any atom is 0.129 e. The highest BCUT2D eigenvalue weighted by molar-refractivity contribution is 5.52. The van der Waals surface area contributed by atoms with Crippen molar-refractivity contribution in [2.45, 2.75) is 24.7 Å². The van der Waals surface area contributed by atoms with Crippen LogP contribution in [0.2, 0.25) is 0 Å². The van der Waals surface area contributed by atoms with Crippen molar-refractivity contribution in [3.8, 4) is 46.0 Å². The first kappa shape index (κ1) is 25.0. The summed E-state index contributed by atoms with van der Waals surface area (Å²) in [7, 11) is 0. The molecule has 0 radical (unpaired) electrons. The molecule has 38 heavy (non-hydrogen) atoms. The van der Waals surface area contributed by atoms with Crippen LogP contribution < -0.4 is 9.47 Å². The first-order chi connectivity index (χ1) is 18.3. The molecule has 0 bridgehead atoms. The van der Waals surface area contributed by atoms with E-state index in [2.05, 4.69) is 0 Å². The molecule has 4 aromatic rings. The molecule has 0 amide bonds. The summed E-state index contributed by atoms with van der Waals surface area (Å²) in [5, 5.41) is 57.1. The Hall–Kier alpha value is -4.72. The predicted molar refractivity (Wildman–Crippen MR) is 140 cm³/mol. The monoisotopic (exact) mass is 516 g/mol. The molecule has 8 nitrogen and oxygen atoms in total. The van der Waals surface area contributed by atoms with Crippen LogP contribution in [0.15, 0.2) is 72.8 Å². The van der Waals surface area contributed by atoms with E-state index < -0.39 is 0 Å². The molecule has 0 aliphatic carbocycles. The second-order valence-corrected chi connectivity index (χ2v) is 9.49. The fraction of sp³-hybridized carbons (Fsp3) is 0.200. The highest BCUT2D eigenvalue weighted by atomic mass is 16.5. The van der Waals surface area contributed by atoms with Crippen LogP contribution in [-0.2, 0) is 12.8 Å². The summed E-state index contributed by atoms with van der Waals surface area (Å²) >= 11 is 0. The van der Waals surface area contributed by atoms with Gasteiger partial charge in [-0.25, -0.2) is 0 Å². The lowest BCUT2D eigenvalue weighted by molar-refractivity contribution is 0.256. The predicted octanol–water partition coefficient (Wildman–Crippen LogP) is 5.04. The number of rotatable bonds is 2. The summed E-state index contributed by atoms with van der Waals surface area (Å²) < 4.78 is 11.2. The molecule has 0 fully saturated rings. The molecule has 2 heterocycles. The quantitative estimate of drug-likeness (QED) is 0.218. The maximum atomic E-state index is 9.87. The number of phenols is 6. The molecule has 8 heteroatoms. The minimum atomic E-state index is -0.000617. The van der Waals surface area contributed by atoms with Gasteiger partial charge in [0.05, 0.1) is 13.2 Å². The molecule has 0 spiro atoms. The van der Waals surface area contributed by atoms with Gasteiger partial charge in [0.1, 0.15) is 46.0 Å². The molecule has 0 aromatic heterocycles. The van der Waals surface area contributed by atoms with Crippen LogP contribution in [0.25, 0.3) is 0 Å². The summed E-state index contributed by atoms with van der Waals surface area (Å²) in [5.41, 5.74) is 3.52. The fourth-order valence-corrected chi connectivity index (χ4v) is 4.81. The minimum Gasteiger partial charge on any atom is -0.508 e. The lowest BCUT2D eigenvalue weighted by Gasteiger charge is -2.26. The SMILES string of the molecule is Oc1ccc(C2COc3cc(O)cc(O)c3C2)cc1.Oc1ccc(C2COc3cc(O)cc(O)c3C2)cc1. The Bertz CT molecular complexity index is 1320. The Kier molecular flexibility index (Phi) is 6.79. The zero-order chi connectivity index (χ0) is 26.8. The van der Waals surface area contributed by atoms with Crippen molar-refractivity contribution < 1.29 is 40.1 Å². The summed E-state index contributed by atoms with van der Waals surface area (Å²) in [6, 6.07) is 19.6. The van der Waals surface area contributed by atoms with Crippen molar-refractivity contribution in [1.82, 2.24) is 0 Å². The number of fused-ring (bicyclic) bond motifs is 2. The molecule has 4 aromatic carbocycles. The fourth-order valence-electron chi connectivity index (χ4n) is 4.81. The van der Waals surface area contributed by atoms with Gasteiger partial charge in [-0.3, -0.25) is 0 Å². The standard InChI is InChI=1S/2C15H14O4/c2*16-11-3-1-9(2-4-11)10-5-13-14(18)6-12(17)7-15(13)19-8-10/h2*1-4,6-7,10,16-18H,5,8H2. The van der Waals surface area contributed by atoms with Gasteiger partial charge in [-0.05, 0) is 48.2 Å². The van der Waals surface area contributed by atoms with Crippen LogP contribution in [0, 0.1) is 0 Å². The van der Waals surface area contributed by atoms with Gasteiger partial charge in [-0.2, -0.15) is 0 Å². The topological polar surface area (TPSA) is 140 Å². The smallest absolute Gasteiger partial charge is 0.129 e. The van der Waals surface area contributed by atoms with E-state index in [9.17, 15) is 30.6 Å². The Morgan fingerprint density at radius 2 is 0.842 bits per heavy atom. The highest BCUT2D eigenvalue weighted by Gasteiger charge is 2.25. The van der Waals surface area contributed by atoms with Crippen LogP contribution >= 0.6 is 0 Å². The molecular formula is C30H28O8. The van der Waals surface area contributed by atoms with Gasteiger partial charge in [-0.15, -0.1) is 0 Å². The van der Waals surface area contributed by atoms with E-state index >= 15 is 0 Å². The second-order valence-electron chi connectivity index (χ2n) is 9.49. The summed E-state index contributed by atoms with van der Waals surface area (Å²) in [4.78, 5) is 0. The Morgan fingerprint density at radius 1 is 0.474 bits per heavy atom. The van der Waals surface area contributed by atoms with Gasteiger partial charge in [0, 0.05) is 47.2 Å². The van der Waals surface area contributed by atoms with Crippen LogP contribution in [0.3, 0.4) is 0 Å². The number of benzene rings is 4. The van der Waals surface area contributed by atoms with Crippen molar-refractivity contribution in [1.29, 1.82) is 0 Å². The average molecular weight is 517 g/mol. The van der Waals surface area contributed by atoms with E-state index in [1.54, 1.807) is 24.3 Å². The number of aromatic hydroxyl groups is 6. The number of phenolic OH excluding ortho intramolecular Hbond substituents is 6. The summed E-state index contributed by atoms with van der Waals surface area (Å²) in [6.45, 7) is 0.974. The van der Waals surface area contributed by atoms with Crippen molar-refractivity contribution in [2.75, 3.05) is 13.2 Å². The molecule has 2 aliphatic heterocycles. The van der Waals surface area contributed by atoms with Gasteiger partial charge >= 0.3 is 0 Å². The van der Waals surface area contributed by atoms with E-state index in [-0.39, 0.29) is 46.3 Å². The Balaban J connectivity index is 0.000000155. The van der Waals surface area contributed by atoms with E-state index in [1.165, 1.54) is 24.3 Å². The Morgan fingerprint density at radius 3 is 1.21 bits per heavy atom. The number of hydrogen-bond donors (Lipinski definition) is 6. The Labute approximate surface area is 219 Å². The molecule has 2 aliphatic rings. The molecule has 6 rings (SSSR count). The molecule has 0 saturated heterocycles. The van der Waals surface area contributed by atoms with Crippen LogP contribution in [-0.4, -0.2) is 43.9 Å². The van der Waals surface area contributed by atoms with E-state index in [0.717, 1.165) is 11.1 Å². The largest absolute Gasteiger partial charge is 0.508 e. The van der Waals surface area contributed by atoms with E-state index in [0.29, 0.717) is 48.7 Å². The molecular weight excluding hydrogens is 488 g/mol. The molecule has 196 valence electrons. The van der Waals surface area contributed by atoms with Crippen LogP contribution in [0.1, 0.15) is 34.1 Å². The number of hydrogen-bond acceptors (Lipinski definition) is 8. The third-order valence-corrected chi connectivity index (χ3v) is 6.85. The lowest BCUT2D eigenvalue weighted by atomic mass is 9.90. The second kappa shape index (κ2) is 10.3. The van der Waals surface area contributed by atoms with Crippen molar-refractivity contribution in [2.24, 2.45) is 0 Å². The first-order valence-electron chi connectivity index (χ1n) is 12.2. The minimum absolute atomic E-state index is 0.000617. The van der Waals surface area contributed by atoms with Gasteiger partial charge in [0.25, 0.3) is 0 Å². The van der Waals surface area contributed by atoms with Gasteiger partial charge in [0.2, 0.25) is 0 Å². The lowest BCUT2D eigenvalue weighted by Crippen LogP contribution is -2.19. The normalized spacial score (nSPS) is 17.6. The van der Waals surface area contributed by atoms with Crippen LogP contribution in [0.5, 0.6) is 46.0 Å². The molecule has 6 N–H and O–H groups in total. The third kappa shape index (κ3) is 5.34. The molecule has 2 atom stereocenters. The molecule has 0 saturated carbocycles. The van der Waals surface area contributed by atoms with Crippen molar-refractivity contribution >= 4 is 0 Å². The van der Waals surface area contributed by atoms with Crippen LogP contribution in [0.4, 0.5) is 0 Å². The van der Waals surface area contributed by atoms with Gasteiger partial charge in [-0.1, -0.05) is 24.3 Å². The van der Waals surface area contributed by atoms with E-state index in [4.69, 9.17) is 9.47 Å². The van der Waals surface area contributed by atoms with Crippen molar-refractivity contribution in [3.05, 3.63) is 95.1 Å². The van der Waals surface area contributed by atoms with Crippen molar-refractivity contribution in [3.63, 3.8) is 0 Å². The molecule has 2 unspecified atom stereocenters. The highest BCUT2D eigenvalue weighted by Crippen LogP contribution is 2.41. The summed E-state index contributed by atoms with van der Waals surface area (Å²) in [5.74, 6) is 1.89. The third-order valence-electron chi connectivity index (χ3n) is 6.85. The first-order valence-corrected chi connectivity index (χ1v) is 12.2. The maximum absolute atomic E-state index is 9.87. The zero-order valence-electron chi connectivity index (χ0n) is 20.4. The van der Waals surface area contributed by atoms with Gasteiger partial charge < -0.3 is 40.1 Å². The van der Waals surface area contributed by atoms with Gasteiger partial charge in [0.15, 0.2) is 0 Å². The summed E-state index contributed by atoms with van der Waals surface area (Å²) in [6.07, 6.45) is 1.29.